The van der Waals surface area contributed by atoms with Crippen LogP contribution in [0.4, 0.5) is 0 Å². The smallest absolute Gasteiger partial charge is 0.106 e. The first-order valence-corrected chi connectivity index (χ1v) is 6.00. The Bertz CT molecular complexity index is 298. The quantitative estimate of drug-likeness (QED) is 0.796. The molecule has 3 heteroatoms. The van der Waals surface area contributed by atoms with E-state index in [4.69, 9.17) is 0 Å². The van der Waals surface area contributed by atoms with Gasteiger partial charge in [-0.1, -0.05) is 13.8 Å². The minimum absolute atomic E-state index is 0.552. The number of nitrogens with zero attached hydrogens (tertiary/aromatic N) is 1. The van der Waals surface area contributed by atoms with E-state index in [9.17, 15) is 0 Å². The number of aromatic nitrogens is 2. The predicted molar refractivity (Wildman–Crippen MR) is 62.0 cm³/mol. The summed E-state index contributed by atoms with van der Waals surface area (Å²) in [6.45, 7) is 6.72. The molecule has 0 aliphatic carbocycles. The number of hydrogen-bond acceptors (Lipinski definition) is 2. The number of nitrogens with one attached hydrogen (secondary N) is 2. The van der Waals surface area contributed by atoms with E-state index in [0.717, 1.165) is 24.7 Å². The van der Waals surface area contributed by atoms with Crippen LogP contribution in [0.3, 0.4) is 0 Å². The molecule has 1 fully saturated rings. The van der Waals surface area contributed by atoms with Crippen molar-refractivity contribution in [2.45, 2.75) is 39.0 Å². The molecule has 3 nitrogen and oxygen atoms in total. The lowest BCUT2D eigenvalue weighted by Gasteiger charge is -2.21. The van der Waals surface area contributed by atoms with Gasteiger partial charge in [0, 0.05) is 18.3 Å². The molecule has 1 atom stereocenters. The lowest BCUT2D eigenvalue weighted by Crippen LogP contribution is -2.31. The van der Waals surface area contributed by atoms with Crippen LogP contribution in [0.2, 0.25) is 0 Å². The first kappa shape index (κ1) is 10.7. The summed E-state index contributed by atoms with van der Waals surface area (Å²) in [7, 11) is 0. The molecule has 2 N–H and O–H groups in total. The van der Waals surface area contributed by atoms with Gasteiger partial charge in [0.25, 0.3) is 0 Å². The highest BCUT2D eigenvalue weighted by molar-refractivity contribution is 5.06. The summed E-state index contributed by atoms with van der Waals surface area (Å²) in [5.41, 5.74) is 1.26. The molecule has 2 heterocycles. The van der Waals surface area contributed by atoms with Gasteiger partial charge in [0.2, 0.25) is 0 Å². The fraction of sp³-hybridized carbons (Fsp3) is 0.750. The molecule has 1 aromatic heterocycles. The molecule has 0 spiro atoms. The predicted octanol–water partition coefficient (Wildman–Crippen LogP) is 2.08. The lowest BCUT2D eigenvalue weighted by molar-refractivity contribution is 0.371. The van der Waals surface area contributed by atoms with E-state index in [1.54, 1.807) is 0 Å². The van der Waals surface area contributed by atoms with Crippen LogP contribution in [0.5, 0.6) is 0 Å². The van der Waals surface area contributed by atoms with Crippen LogP contribution in [-0.2, 0) is 6.42 Å². The maximum Gasteiger partial charge on any atom is 0.106 e. The van der Waals surface area contributed by atoms with E-state index in [1.807, 2.05) is 6.20 Å². The van der Waals surface area contributed by atoms with Gasteiger partial charge in [-0.25, -0.2) is 4.98 Å². The van der Waals surface area contributed by atoms with Crippen LogP contribution in [0, 0.1) is 5.92 Å². The van der Waals surface area contributed by atoms with Gasteiger partial charge in [0.1, 0.15) is 5.82 Å². The Hall–Kier alpha value is -0.830. The summed E-state index contributed by atoms with van der Waals surface area (Å²) in [5.74, 6) is 2.48. The van der Waals surface area contributed by atoms with Crippen LogP contribution in [0.25, 0.3) is 0 Å². The first-order chi connectivity index (χ1) is 7.25. The van der Waals surface area contributed by atoms with Crippen LogP contribution < -0.4 is 5.32 Å². The third-order valence-electron chi connectivity index (χ3n) is 3.15. The molecule has 1 saturated heterocycles. The maximum atomic E-state index is 4.45. The topological polar surface area (TPSA) is 40.7 Å². The zero-order chi connectivity index (χ0) is 10.7. The molecule has 15 heavy (non-hydrogen) atoms. The number of imidazole rings is 1. The van der Waals surface area contributed by atoms with Crippen molar-refractivity contribution in [1.29, 1.82) is 0 Å². The third kappa shape index (κ3) is 2.81. The monoisotopic (exact) mass is 207 g/mol. The highest BCUT2D eigenvalue weighted by atomic mass is 14.9. The standard InChI is InChI=1S/C12H21N3/c1-9(2)11-8-14-12(15-11)6-10-4-3-5-13-7-10/h8-10,13H,3-7H2,1-2H3,(H,14,15). The Labute approximate surface area is 91.7 Å². The lowest BCUT2D eigenvalue weighted by atomic mass is 9.96. The third-order valence-corrected chi connectivity index (χ3v) is 3.15. The van der Waals surface area contributed by atoms with Gasteiger partial charge in [-0.2, -0.15) is 0 Å². The SMILES string of the molecule is CC(C)c1cnc(CC2CCCNC2)[nH]1. The van der Waals surface area contributed by atoms with Gasteiger partial charge in [-0.3, -0.25) is 0 Å². The molecule has 0 amide bonds. The van der Waals surface area contributed by atoms with Crippen molar-refractivity contribution in [3.05, 3.63) is 17.7 Å². The fourth-order valence-corrected chi connectivity index (χ4v) is 2.15. The normalized spacial score (nSPS) is 22.2. The average molecular weight is 207 g/mol. The number of piperidine rings is 1. The summed E-state index contributed by atoms with van der Waals surface area (Å²) in [6, 6.07) is 0. The van der Waals surface area contributed by atoms with Gasteiger partial charge in [-0.05, 0) is 37.8 Å². The summed E-state index contributed by atoms with van der Waals surface area (Å²) >= 11 is 0. The van der Waals surface area contributed by atoms with Crippen LogP contribution >= 0.6 is 0 Å². The average Bonchev–Trinajstić information content (AvgIpc) is 2.68. The molecular weight excluding hydrogens is 186 g/mol. The van der Waals surface area contributed by atoms with Crippen molar-refractivity contribution in [2.75, 3.05) is 13.1 Å². The summed E-state index contributed by atoms with van der Waals surface area (Å²) in [5, 5.41) is 3.44. The highest BCUT2D eigenvalue weighted by Crippen LogP contribution is 2.16. The van der Waals surface area contributed by atoms with Gasteiger partial charge in [0.05, 0.1) is 0 Å². The molecular formula is C12H21N3. The number of aromatic amines is 1. The van der Waals surface area contributed by atoms with Crippen molar-refractivity contribution in [1.82, 2.24) is 15.3 Å². The molecule has 0 radical (unpaired) electrons. The Morgan fingerprint density at radius 3 is 3.00 bits per heavy atom. The van der Waals surface area contributed by atoms with Gasteiger partial charge >= 0.3 is 0 Å². The van der Waals surface area contributed by atoms with E-state index in [2.05, 4.69) is 29.1 Å². The summed E-state index contributed by atoms with van der Waals surface area (Å²) in [6.07, 6.45) is 5.73. The van der Waals surface area contributed by atoms with Crippen LogP contribution in [0.15, 0.2) is 6.20 Å². The number of hydrogen-bond donors (Lipinski definition) is 2. The molecule has 1 aromatic rings. The van der Waals surface area contributed by atoms with E-state index in [1.165, 1.54) is 25.1 Å². The second kappa shape index (κ2) is 4.79. The van der Waals surface area contributed by atoms with E-state index < -0.39 is 0 Å². The Morgan fingerprint density at radius 1 is 1.53 bits per heavy atom. The van der Waals surface area contributed by atoms with Crippen molar-refractivity contribution < 1.29 is 0 Å². The molecule has 0 saturated carbocycles. The van der Waals surface area contributed by atoms with E-state index in [0.29, 0.717) is 5.92 Å². The second-order valence-corrected chi connectivity index (χ2v) is 4.86. The van der Waals surface area contributed by atoms with Crippen LogP contribution in [0.1, 0.15) is 44.1 Å². The maximum absolute atomic E-state index is 4.45. The van der Waals surface area contributed by atoms with Gasteiger partial charge < -0.3 is 10.3 Å². The van der Waals surface area contributed by atoms with E-state index >= 15 is 0 Å². The van der Waals surface area contributed by atoms with Crippen molar-refractivity contribution >= 4 is 0 Å². The van der Waals surface area contributed by atoms with Crippen molar-refractivity contribution in [3.63, 3.8) is 0 Å². The Kier molecular flexibility index (Phi) is 3.41. The minimum Gasteiger partial charge on any atom is -0.346 e. The van der Waals surface area contributed by atoms with E-state index in [-0.39, 0.29) is 0 Å². The van der Waals surface area contributed by atoms with Gasteiger partial charge in [-0.15, -0.1) is 0 Å². The highest BCUT2D eigenvalue weighted by Gasteiger charge is 2.15. The molecule has 1 aliphatic heterocycles. The largest absolute Gasteiger partial charge is 0.346 e. The zero-order valence-corrected chi connectivity index (χ0v) is 9.71. The van der Waals surface area contributed by atoms with Crippen molar-refractivity contribution in [3.8, 4) is 0 Å². The summed E-state index contributed by atoms with van der Waals surface area (Å²) < 4.78 is 0. The molecule has 1 unspecified atom stereocenters. The first-order valence-electron chi connectivity index (χ1n) is 6.00. The summed E-state index contributed by atoms with van der Waals surface area (Å²) in [4.78, 5) is 7.87. The van der Waals surface area contributed by atoms with Gasteiger partial charge in [0.15, 0.2) is 0 Å². The molecule has 0 aromatic carbocycles. The number of H-pyrrole nitrogens is 1. The molecule has 2 rings (SSSR count). The fourth-order valence-electron chi connectivity index (χ4n) is 2.15. The molecule has 1 aliphatic rings. The van der Waals surface area contributed by atoms with Crippen LogP contribution in [-0.4, -0.2) is 23.1 Å². The zero-order valence-electron chi connectivity index (χ0n) is 9.71. The number of rotatable bonds is 3. The minimum atomic E-state index is 0.552. The molecule has 0 bridgehead atoms. The Balaban J connectivity index is 1.91. The van der Waals surface area contributed by atoms with Crippen molar-refractivity contribution in [2.24, 2.45) is 5.92 Å². The molecule has 84 valence electrons. The second-order valence-electron chi connectivity index (χ2n) is 4.86. The Morgan fingerprint density at radius 2 is 2.40 bits per heavy atom.